The molecule has 0 saturated carbocycles. The molecule has 1 aromatic heterocycles. The number of H-pyrrole nitrogens is 1. The van der Waals surface area contributed by atoms with Crippen molar-refractivity contribution in [1.29, 1.82) is 0 Å². The number of carbonyl (C=O) groups excluding carboxylic acids is 1. The lowest BCUT2D eigenvalue weighted by Gasteiger charge is -2.35. The molecule has 0 radical (unpaired) electrons. The molecule has 1 aromatic carbocycles. The van der Waals surface area contributed by atoms with Crippen LogP contribution in [0.15, 0.2) is 29.4 Å². The van der Waals surface area contributed by atoms with Gasteiger partial charge in [0.15, 0.2) is 5.82 Å². The third-order valence-electron chi connectivity index (χ3n) is 3.93. The van der Waals surface area contributed by atoms with E-state index in [-0.39, 0.29) is 18.1 Å². The van der Waals surface area contributed by atoms with Gasteiger partial charge in [0, 0.05) is 18.7 Å². The van der Waals surface area contributed by atoms with Crippen LogP contribution in [0.1, 0.15) is 13.8 Å². The van der Waals surface area contributed by atoms with Crippen LogP contribution in [0.2, 0.25) is 0 Å². The molecule has 25 heavy (non-hydrogen) atoms. The first kappa shape index (κ1) is 17.8. The number of rotatable bonds is 5. The van der Waals surface area contributed by atoms with E-state index in [0.29, 0.717) is 29.8 Å². The van der Waals surface area contributed by atoms with Crippen LogP contribution in [0.4, 0.5) is 0 Å². The number of morpholine rings is 1. The van der Waals surface area contributed by atoms with Crippen molar-refractivity contribution >= 4 is 17.7 Å². The minimum absolute atomic E-state index is 0.0721. The quantitative estimate of drug-likeness (QED) is 0.822. The molecule has 1 fully saturated rings. The highest BCUT2D eigenvalue weighted by molar-refractivity contribution is 7.99. The average Bonchev–Trinajstić information content (AvgIpc) is 3.08. The van der Waals surface area contributed by atoms with Gasteiger partial charge in [0.25, 0.3) is 0 Å². The highest BCUT2D eigenvalue weighted by Gasteiger charge is 2.25. The van der Waals surface area contributed by atoms with Gasteiger partial charge in [-0.25, -0.2) is 4.98 Å². The fourth-order valence-electron chi connectivity index (χ4n) is 2.79. The van der Waals surface area contributed by atoms with Crippen LogP contribution in [0.3, 0.4) is 0 Å². The number of nitrogens with one attached hydrogen (secondary N) is 1. The van der Waals surface area contributed by atoms with E-state index in [1.807, 2.05) is 43.0 Å². The van der Waals surface area contributed by atoms with Crippen LogP contribution < -0.4 is 4.74 Å². The van der Waals surface area contributed by atoms with Gasteiger partial charge in [-0.2, -0.15) is 0 Å². The van der Waals surface area contributed by atoms with Gasteiger partial charge in [-0.05, 0) is 38.1 Å². The first-order chi connectivity index (χ1) is 12.0. The Bertz CT molecular complexity index is 709. The van der Waals surface area contributed by atoms with Crippen molar-refractivity contribution in [2.24, 2.45) is 0 Å². The second-order valence-corrected chi connectivity index (χ2v) is 6.98. The van der Waals surface area contributed by atoms with Crippen LogP contribution in [-0.2, 0) is 9.53 Å². The summed E-state index contributed by atoms with van der Waals surface area (Å²) in [6.45, 7) is 5.24. The van der Waals surface area contributed by atoms with Crippen molar-refractivity contribution in [3.05, 3.63) is 24.3 Å². The molecule has 1 N–H and O–H groups in total. The zero-order chi connectivity index (χ0) is 17.8. The van der Waals surface area contributed by atoms with Gasteiger partial charge in [0.1, 0.15) is 5.75 Å². The molecule has 1 saturated heterocycles. The summed E-state index contributed by atoms with van der Waals surface area (Å²) in [5.74, 6) is 1.87. The van der Waals surface area contributed by atoms with Gasteiger partial charge in [-0.3, -0.25) is 9.89 Å². The summed E-state index contributed by atoms with van der Waals surface area (Å²) < 4.78 is 10.8. The lowest BCUT2D eigenvalue weighted by atomic mass is 10.2. The van der Waals surface area contributed by atoms with Crippen LogP contribution in [0.5, 0.6) is 5.75 Å². The number of ether oxygens (including phenoxy) is 2. The Balaban J connectivity index is 1.57. The second kappa shape index (κ2) is 7.88. The predicted molar refractivity (Wildman–Crippen MR) is 95.7 cm³/mol. The van der Waals surface area contributed by atoms with Crippen molar-refractivity contribution in [2.45, 2.75) is 31.2 Å². The Morgan fingerprint density at radius 2 is 2.00 bits per heavy atom. The summed E-state index contributed by atoms with van der Waals surface area (Å²) in [7, 11) is 1.63. The first-order valence-electron chi connectivity index (χ1n) is 8.18. The maximum absolute atomic E-state index is 12.4. The molecule has 2 aromatic rings. The van der Waals surface area contributed by atoms with Crippen LogP contribution in [0.25, 0.3) is 11.4 Å². The van der Waals surface area contributed by atoms with Gasteiger partial charge < -0.3 is 14.4 Å². The fraction of sp³-hybridized carbons (Fsp3) is 0.471. The van der Waals surface area contributed by atoms with Gasteiger partial charge >= 0.3 is 0 Å². The summed E-state index contributed by atoms with van der Waals surface area (Å²) in [6.07, 6.45) is 0.144. The molecule has 1 aliphatic rings. The van der Waals surface area contributed by atoms with Gasteiger partial charge in [0.2, 0.25) is 11.1 Å². The van der Waals surface area contributed by atoms with Crippen molar-refractivity contribution < 1.29 is 14.3 Å². The maximum atomic E-state index is 12.4. The predicted octanol–water partition coefficient (Wildman–Crippen LogP) is 2.21. The van der Waals surface area contributed by atoms with E-state index in [2.05, 4.69) is 15.2 Å². The number of aromatic amines is 1. The smallest absolute Gasteiger partial charge is 0.233 e. The summed E-state index contributed by atoms with van der Waals surface area (Å²) >= 11 is 1.34. The molecular weight excluding hydrogens is 340 g/mol. The minimum atomic E-state index is 0.0721. The molecule has 8 heteroatoms. The molecule has 0 spiro atoms. The minimum Gasteiger partial charge on any atom is -0.497 e. The summed E-state index contributed by atoms with van der Waals surface area (Å²) in [5.41, 5.74) is 0.919. The summed E-state index contributed by atoms with van der Waals surface area (Å²) in [6, 6.07) is 7.56. The highest BCUT2D eigenvalue weighted by atomic mass is 32.2. The Kier molecular flexibility index (Phi) is 5.60. The second-order valence-electron chi connectivity index (χ2n) is 6.04. The van der Waals surface area contributed by atoms with E-state index >= 15 is 0 Å². The van der Waals surface area contributed by atoms with Crippen molar-refractivity contribution in [2.75, 3.05) is 26.0 Å². The zero-order valence-corrected chi connectivity index (χ0v) is 15.4. The maximum Gasteiger partial charge on any atom is 0.233 e. The number of carbonyl (C=O) groups is 1. The van der Waals surface area contributed by atoms with Crippen LogP contribution >= 0.6 is 11.8 Å². The van der Waals surface area contributed by atoms with E-state index in [0.717, 1.165) is 11.3 Å². The Hall–Kier alpha value is -2.06. The lowest BCUT2D eigenvalue weighted by molar-refractivity contribution is -0.140. The topological polar surface area (TPSA) is 80.3 Å². The number of aromatic nitrogens is 3. The fourth-order valence-corrected chi connectivity index (χ4v) is 3.49. The molecule has 1 amide bonds. The van der Waals surface area contributed by atoms with E-state index < -0.39 is 0 Å². The van der Waals surface area contributed by atoms with Crippen molar-refractivity contribution in [3.63, 3.8) is 0 Å². The average molecular weight is 362 g/mol. The number of hydrogen-bond donors (Lipinski definition) is 1. The summed E-state index contributed by atoms with van der Waals surface area (Å²) in [4.78, 5) is 18.7. The lowest BCUT2D eigenvalue weighted by Crippen LogP contribution is -2.48. The number of amides is 1. The van der Waals surface area contributed by atoms with E-state index in [1.165, 1.54) is 11.8 Å². The number of methoxy groups -OCH3 is 1. The molecule has 7 nitrogen and oxygen atoms in total. The largest absolute Gasteiger partial charge is 0.497 e. The molecule has 0 unspecified atom stereocenters. The van der Waals surface area contributed by atoms with E-state index in [1.54, 1.807) is 7.11 Å². The Labute approximate surface area is 151 Å². The van der Waals surface area contributed by atoms with Crippen molar-refractivity contribution in [3.8, 4) is 17.1 Å². The van der Waals surface area contributed by atoms with Crippen LogP contribution in [-0.4, -0.2) is 64.1 Å². The first-order valence-corrected chi connectivity index (χ1v) is 9.16. The number of benzene rings is 1. The standard InChI is InChI=1S/C17H22N4O3S/c1-11-8-21(9-12(2)24-11)15(22)10-25-17-18-16(19-20-17)13-4-6-14(23-3)7-5-13/h4-7,11-12H,8-10H2,1-3H3,(H,18,19,20)/t11-,12-/m1/s1. The molecule has 2 heterocycles. The molecule has 3 rings (SSSR count). The molecule has 0 bridgehead atoms. The Morgan fingerprint density at radius 1 is 1.32 bits per heavy atom. The van der Waals surface area contributed by atoms with E-state index in [4.69, 9.17) is 9.47 Å². The third-order valence-corrected chi connectivity index (χ3v) is 4.76. The van der Waals surface area contributed by atoms with Crippen molar-refractivity contribution in [1.82, 2.24) is 20.1 Å². The normalized spacial score (nSPS) is 20.5. The Morgan fingerprint density at radius 3 is 2.64 bits per heavy atom. The van der Waals surface area contributed by atoms with Gasteiger partial charge in [0.05, 0.1) is 25.1 Å². The molecule has 2 atom stereocenters. The monoisotopic (exact) mass is 362 g/mol. The van der Waals surface area contributed by atoms with Crippen LogP contribution in [0, 0.1) is 0 Å². The summed E-state index contributed by atoms with van der Waals surface area (Å²) in [5, 5.41) is 7.66. The third kappa shape index (κ3) is 4.52. The zero-order valence-electron chi connectivity index (χ0n) is 14.6. The number of thioether (sulfide) groups is 1. The number of nitrogens with zero attached hydrogens (tertiary/aromatic N) is 3. The van der Waals surface area contributed by atoms with Gasteiger partial charge in [-0.15, -0.1) is 5.10 Å². The van der Waals surface area contributed by atoms with E-state index in [9.17, 15) is 4.79 Å². The molecular formula is C17H22N4O3S. The molecule has 0 aliphatic carbocycles. The molecule has 1 aliphatic heterocycles. The van der Waals surface area contributed by atoms with Gasteiger partial charge in [-0.1, -0.05) is 11.8 Å². The highest BCUT2D eigenvalue weighted by Crippen LogP contribution is 2.22. The number of hydrogen-bond acceptors (Lipinski definition) is 6. The molecule has 134 valence electrons. The SMILES string of the molecule is COc1ccc(-c2nc(SCC(=O)N3C[C@@H](C)O[C@H](C)C3)n[nH]2)cc1.